The molecule has 0 saturated carbocycles. The SMILES string of the molecule is CCOC(=O)c1ccc2c(c1)nc(NCCCN1CCOCC1)n2Cc1nc(C)ccc1O. The molecule has 0 unspecified atom stereocenters. The van der Waals surface area contributed by atoms with Crippen molar-refractivity contribution in [1.29, 1.82) is 0 Å². The topological polar surface area (TPSA) is 102 Å². The number of nitrogens with one attached hydrogen (secondary N) is 1. The molecule has 1 aliphatic heterocycles. The van der Waals surface area contributed by atoms with Crippen molar-refractivity contribution in [3.8, 4) is 5.75 Å². The smallest absolute Gasteiger partial charge is 0.338 e. The summed E-state index contributed by atoms with van der Waals surface area (Å²) in [6.45, 7) is 9.60. The number of fused-ring (bicyclic) bond motifs is 1. The summed E-state index contributed by atoms with van der Waals surface area (Å²) in [6, 6.07) is 8.78. The van der Waals surface area contributed by atoms with Gasteiger partial charge in [0.25, 0.3) is 0 Å². The van der Waals surface area contributed by atoms with Gasteiger partial charge >= 0.3 is 5.97 Å². The highest BCUT2D eigenvalue weighted by Crippen LogP contribution is 2.25. The van der Waals surface area contributed by atoms with Crippen LogP contribution in [0.3, 0.4) is 0 Å². The van der Waals surface area contributed by atoms with Crippen LogP contribution in [-0.2, 0) is 16.0 Å². The van der Waals surface area contributed by atoms with Crippen LogP contribution in [0.4, 0.5) is 5.95 Å². The second-order valence-electron chi connectivity index (χ2n) is 8.10. The first-order valence-corrected chi connectivity index (χ1v) is 11.4. The van der Waals surface area contributed by atoms with Crippen LogP contribution in [0.1, 0.15) is 35.1 Å². The highest BCUT2D eigenvalue weighted by Gasteiger charge is 2.17. The number of carbonyl (C=O) groups is 1. The Morgan fingerprint density at radius 3 is 2.82 bits per heavy atom. The third-order valence-electron chi connectivity index (χ3n) is 5.69. The molecule has 3 aromatic rings. The molecule has 0 amide bonds. The third kappa shape index (κ3) is 5.61. The fourth-order valence-electron chi connectivity index (χ4n) is 3.96. The lowest BCUT2D eigenvalue weighted by molar-refractivity contribution is 0.0378. The van der Waals surface area contributed by atoms with Gasteiger partial charge in [0, 0.05) is 25.3 Å². The van der Waals surface area contributed by atoms with Gasteiger partial charge < -0.3 is 24.5 Å². The Morgan fingerprint density at radius 2 is 2.03 bits per heavy atom. The fraction of sp³-hybridized carbons (Fsp3) is 0.458. The zero-order valence-corrected chi connectivity index (χ0v) is 19.2. The average molecular weight is 454 g/mol. The van der Waals surface area contributed by atoms with Gasteiger partial charge in [0.1, 0.15) is 11.4 Å². The molecule has 9 nitrogen and oxygen atoms in total. The number of nitrogens with zero attached hydrogens (tertiary/aromatic N) is 4. The van der Waals surface area contributed by atoms with E-state index >= 15 is 0 Å². The summed E-state index contributed by atoms with van der Waals surface area (Å²) in [5, 5.41) is 13.8. The number of esters is 1. The summed E-state index contributed by atoms with van der Waals surface area (Å²) in [5.74, 6) is 0.450. The molecule has 0 radical (unpaired) electrons. The maximum absolute atomic E-state index is 12.2. The van der Waals surface area contributed by atoms with Gasteiger partial charge in [-0.1, -0.05) is 0 Å². The number of hydrogen-bond donors (Lipinski definition) is 2. The lowest BCUT2D eigenvalue weighted by Crippen LogP contribution is -2.37. The maximum Gasteiger partial charge on any atom is 0.338 e. The molecule has 33 heavy (non-hydrogen) atoms. The van der Waals surface area contributed by atoms with E-state index in [0.29, 0.717) is 35.9 Å². The van der Waals surface area contributed by atoms with Crippen molar-refractivity contribution in [2.45, 2.75) is 26.8 Å². The van der Waals surface area contributed by atoms with E-state index in [1.807, 2.05) is 17.6 Å². The van der Waals surface area contributed by atoms with Crippen molar-refractivity contribution >= 4 is 23.0 Å². The minimum absolute atomic E-state index is 0.142. The zero-order chi connectivity index (χ0) is 23.2. The number of anilines is 1. The van der Waals surface area contributed by atoms with Gasteiger partial charge in [-0.2, -0.15) is 0 Å². The largest absolute Gasteiger partial charge is 0.506 e. The molecule has 4 rings (SSSR count). The number of aryl methyl sites for hydroxylation is 1. The first kappa shape index (κ1) is 23.0. The number of aromatic hydroxyl groups is 1. The molecule has 9 heteroatoms. The van der Waals surface area contributed by atoms with Crippen molar-refractivity contribution in [3.05, 3.63) is 47.3 Å². The van der Waals surface area contributed by atoms with Crippen molar-refractivity contribution < 1.29 is 19.4 Å². The van der Waals surface area contributed by atoms with Gasteiger partial charge in [0.05, 0.1) is 43.0 Å². The monoisotopic (exact) mass is 453 g/mol. The van der Waals surface area contributed by atoms with E-state index in [-0.39, 0.29) is 11.7 Å². The minimum atomic E-state index is -0.369. The Morgan fingerprint density at radius 1 is 1.21 bits per heavy atom. The van der Waals surface area contributed by atoms with Crippen LogP contribution in [0.15, 0.2) is 30.3 Å². The van der Waals surface area contributed by atoms with Crippen LogP contribution >= 0.6 is 0 Å². The van der Waals surface area contributed by atoms with Gasteiger partial charge in [-0.05, 0) is 57.1 Å². The standard InChI is InChI=1S/C24H31N5O4/c1-3-33-23(31)18-6-7-21-19(15-18)27-24(25-9-4-10-28-11-13-32-14-12-28)29(21)16-20-22(30)8-5-17(2)26-20/h5-8,15,30H,3-4,9-14,16H2,1-2H3,(H,25,27). The first-order valence-electron chi connectivity index (χ1n) is 11.4. The molecule has 176 valence electrons. The quantitative estimate of drug-likeness (QED) is 0.377. The molecule has 2 N–H and O–H groups in total. The Balaban J connectivity index is 1.57. The predicted molar refractivity (Wildman–Crippen MR) is 126 cm³/mol. The summed E-state index contributed by atoms with van der Waals surface area (Å²) < 4.78 is 12.5. The molecule has 0 aliphatic carbocycles. The molecular formula is C24H31N5O4. The van der Waals surface area contributed by atoms with Gasteiger partial charge in [0.15, 0.2) is 0 Å². The van der Waals surface area contributed by atoms with Gasteiger partial charge in [-0.25, -0.2) is 9.78 Å². The number of carbonyl (C=O) groups excluding carboxylic acids is 1. The lowest BCUT2D eigenvalue weighted by Gasteiger charge is -2.26. The second kappa shape index (κ2) is 10.6. The summed E-state index contributed by atoms with van der Waals surface area (Å²) in [6.07, 6.45) is 0.964. The number of ether oxygens (including phenoxy) is 2. The Hall–Kier alpha value is -3.17. The molecule has 1 saturated heterocycles. The van der Waals surface area contributed by atoms with Gasteiger partial charge in [-0.3, -0.25) is 9.88 Å². The van der Waals surface area contributed by atoms with Crippen LogP contribution in [0, 0.1) is 6.92 Å². The molecule has 0 atom stereocenters. The van der Waals surface area contributed by atoms with Crippen molar-refractivity contribution in [2.75, 3.05) is 51.3 Å². The van der Waals surface area contributed by atoms with E-state index in [1.54, 1.807) is 31.2 Å². The first-order chi connectivity index (χ1) is 16.0. The number of aromatic nitrogens is 3. The Labute approximate surface area is 193 Å². The van der Waals surface area contributed by atoms with E-state index in [1.165, 1.54) is 0 Å². The van der Waals surface area contributed by atoms with E-state index in [9.17, 15) is 9.90 Å². The Bertz CT molecular complexity index is 1110. The molecule has 1 aliphatic rings. The number of benzene rings is 1. The predicted octanol–water partition coefficient (Wildman–Crippen LogP) is 2.80. The average Bonchev–Trinajstić information content (AvgIpc) is 3.16. The molecular weight excluding hydrogens is 422 g/mol. The fourth-order valence-corrected chi connectivity index (χ4v) is 3.96. The van der Waals surface area contributed by atoms with Crippen molar-refractivity contribution in [1.82, 2.24) is 19.4 Å². The number of pyridine rings is 1. The zero-order valence-electron chi connectivity index (χ0n) is 19.2. The van der Waals surface area contributed by atoms with E-state index in [4.69, 9.17) is 14.5 Å². The number of hydrogen-bond acceptors (Lipinski definition) is 8. The maximum atomic E-state index is 12.2. The molecule has 0 bridgehead atoms. The van der Waals surface area contributed by atoms with Crippen molar-refractivity contribution in [3.63, 3.8) is 0 Å². The van der Waals surface area contributed by atoms with E-state index in [2.05, 4.69) is 15.2 Å². The summed E-state index contributed by atoms with van der Waals surface area (Å²) in [4.78, 5) is 23.8. The molecule has 2 aromatic heterocycles. The second-order valence-corrected chi connectivity index (χ2v) is 8.10. The van der Waals surface area contributed by atoms with Crippen LogP contribution in [0.2, 0.25) is 0 Å². The van der Waals surface area contributed by atoms with E-state index in [0.717, 1.165) is 57.0 Å². The third-order valence-corrected chi connectivity index (χ3v) is 5.69. The highest BCUT2D eigenvalue weighted by atomic mass is 16.5. The Kier molecular flexibility index (Phi) is 7.41. The minimum Gasteiger partial charge on any atom is -0.506 e. The lowest BCUT2D eigenvalue weighted by atomic mass is 10.2. The van der Waals surface area contributed by atoms with Crippen LogP contribution in [0.5, 0.6) is 5.75 Å². The number of morpholine rings is 1. The van der Waals surface area contributed by atoms with Gasteiger partial charge in [-0.15, -0.1) is 0 Å². The number of imidazole rings is 1. The summed E-state index contributed by atoms with van der Waals surface area (Å²) in [7, 11) is 0. The number of rotatable bonds is 9. The van der Waals surface area contributed by atoms with E-state index < -0.39 is 0 Å². The summed E-state index contributed by atoms with van der Waals surface area (Å²) in [5.41, 5.74) is 3.39. The van der Waals surface area contributed by atoms with Crippen LogP contribution in [0.25, 0.3) is 11.0 Å². The molecule has 1 fully saturated rings. The summed E-state index contributed by atoms with van der Waals surface area (Å²) >= 11 is 0. The van der Waals surface area contributed by atoms with Crippen LogP contribution in [-0.4, -0.2) is 76.5 Å². The van der Waals surface area contributed by atoms with Crippen LogP contribution < -0.4 is 5.32 Å². The van der Waals surface area contributed by atoms with Gasteiger partial charge in [0.2, 0.25) is 5.95 Å². The molecule has 1 aromatic carbocycles. The normalized spacial score (nSPS) is 14.5. The highest BCUT2D eigenvalue weighted by molar-refractivity contribution is 5.94. The molecule has 3 heterocycles. The molecule has 0 spiro atoms. The van der Waals surface area contributed by atoms with Crippen molar-refractivity contribution in [2.24, 2.45) is 0 Å².